The van der Waals surface area contributed by atoms with Gasteiger partial charge in [0, 0.05) is 7.11 Å². The van der Waals surface area contributed by atoms with E-state index in [1.165, 1.54) is 16.7 Å². The molecule has 0 aromatic heterocycles. The van der Waals surface area contributed by atoms with Crippen LogP contribution in [0.1, 0.15) is 58.2 Å². The number of hydrogen-bond donors (Lipinski definition) is 0. The summed E-state index contributed by atoms with van der Waals surface area (Å²) in [5, 5.41) is 0. The third-order valence-electron chi connectivity index (χ3n) is 4.23. The largest absolute Gasteiger partial charge is 0.491 e. The number of aryl methyl sites for hydroxylation is 1. The second-order valence-electron chi connectivity index (χ2n) is 8.73. The average molecular weight is 367 g/mol. The summed E-state index contributed by atoms with van der Waals surface area (Å²) in [5.74, 6) is 0.966. The van der Waals surface area contributed by atoms with Gasteiger partial charge in [0.05, 0.1) is 33.0 Å². The summed E-state index contributed by atoms with van der Waals surface area (Å²) in [7, 11) is 1.67. The molecule has 0 saturated heterocycles. The fraction of sp³-hybridized carbons (Fsp3) is 0.727. The predicted molar refractivity (Wildman–Crippen MR) is 108 cm³/mol. The summed E-state index contributed by atoms with van der Waals surface area (Å²) in [5.41, 5.74) is 4.01. The molecule has 0 amide bonds. The van der Waals surface area contributed by atoms with Crippen molar-refractivity contribution in [2.75, 3.05) is 46.8 Å². The average Bonchev–Trinajstić information content (AvgIpc) is 2.52. The quantitative estimate of drug-likeness (QED) is 0.565. The van der Waals surface area contributed by atoms with E-state index in [2.05, 4.69) is 60.6 Å². The molecular weight excluding hydrogens is 328 g/mol. The summed E-state index contributed by atoms with van der Waals surface area (Å²) in [4.78, 5) is 0. The van der Waals surface area contributed by atoms with Gasteiger partial charge in [0.2, 0.25) is 0 Å². The summed E-state index contributed by atoms with van der Waals surface area (Å²) >= 11 is 0. The second-order valence-corrected chi connectivity index (χ2v) is 8.73. The normalized spacial score (nSPS) is 12.5. The highest BCUT2D eigenvalue weighted by Crippen LogP contribution is 2.37. The van der Waals surface area contributed by atoms with Crippen molar-refractivity contribution in [1.29, 1.82) is 0 Å². The van der Waals surface area contributed by atoms with Crippen LogP contribution >= 0.6 is 0 Å². The fourth-order valence-electron chi connectivity index (χ4n) is 2.88. The lowest BCUT2D eigenvalue weighted by Gasteiger charge is -2.28. The summed E-state index contributed by atoms with van der Waals surface area (Å²) in [6, 6.07) is 4.49. The summed E-state index contributed by atoms with van der Waals surface area (Å²) < 4.78 is 22.0. The van der Waals surface area contributed by atoms with Gasteiger partial charge in [-0.3, -0.25) is 0 Å². The molecule has 1 rings (SSSR count). The molecule has 0 spiro atoms. The van der Waals surface area contributed by atoms with Gasteiger partial charge in [-0.25, -0.2) is 0 Å². The fourth-order valence-corrected chi connectivity index (χ4v) is 2.88. The molecule has 0 bridgehead atoms. The molecule has 0 aliphatic carbocycles. The van der Waals surface area contributed by atoms with Crippen LogP contribution in [0.4, 0.5) is 0 Å². The number of rotatable bonds is 10. The second kappa shape index (κ2) is 10.3. The molecule has 4 heteroatoms. The van der Waals surface area contributed by atoms with Crippen LogP contribution in [0.5, 0.6) is 5.75 Å². The Morgan fingerprint density at radius 3 is 1.69 bits per heavy atom. The molecule has 4 nitrogen and oxygen atoms in total. The Morgan fingerprint density at radius 1 is 0.692 bits per heavy atom. The number of methoxy groups -OCH3 is 1. The Morgan fingerprint density at radius 2 is 1.19 bits per heavy atom. The van der Waals surface area contributed by atoms with Crippen LogP contribution in [-0.2, 0) is 25.0 Å². The Bertz CT molecular complexity index is 538. The number of benzene rings is 1. The summed E-state index contributed by atoms with van der Waals surface area (Å²) in [6.07, 6.45) is 0. The maximum absolute atomic E-state index is 6.11. The van der Waals surface area contributed by atoms with Gasteiger partial charge in [0.1, 0.15) is 12.4 Å². The van der Waals surface area contributed by atoms with Crippen LogP contribution in [0.25, 0.3) is 0 Å². The van der Waals surface area contributed by atoms with Crippen molar-refractivity contribution in [3.05, 3.63) is 28.8 Å². The zero-order valence-corrected chi connectivity index (χ0v) is 18.0. The van der Waals surface area contributed by atoms with Crippen molar-refractivity contribution in [3.63, 3.8) is 0 Å². The van der Waals surface area contributed by atoms with Crippen molar-refractivity contribution < 1.29 is 18.9 Å². The maximum atomic E-state index is 6.11. The standard InChI is InChI=1S/C22H38O4/c1-17-15-19(22(5,6)7)20(16-18(17)21(2,3)4)26-14-13-25-12-11-24-10-9-23-8/h15-16H,9-14H2,1-8H3. The Hall–Kier alpha value is -1.10. The molecule has 0 unspecified atom stereocenters. The van der Waals surface area contributed by atoms with Gasteiger partial charge in [-0.05, 0) is 40.5 Å². The minimum Gasteiger partial charge on any atom is -0.491 e. The lowest BCUT2D eigenvalue weighted by Crippen LogP contribution is -2.19. The predicted octanol–water partition coefficient (Wildman–Crippen LogP) is 4.65. The third kappa shape index (κ3) is 7.65. The van der Waals surface area contributed by atoms with Crippen LogP contribution in [0.2, 0.25) is 0 Å². The molecule has 0 heterocycles. The van der Waals surface area contributed by atoms with Crippen LogP contribution in [0.15, 0.2) is 12.1 Å². The van der Waals surface area contributed by atoms with E-state index in [0.717, 1.165) is 5.75 Å². The van der Waals surface area contributed by atoms with E-state index in [4.69, 9.17) is 18.9 Å². The van der Waals surface area contributed by atoms with E-state index >= 15 is 0 Å². The molecule has 0 N–H and O–H groups in total. The van der Waals surface area contributed by atoms with Gasteiger partial charge in [-0.1, -0.05) is 47.6 Å². The first-order chi connectivity index (χ1) is 12.1. The molecule has 0 aliphatic rings. The highest BCUT2D eigenvalue weighted by Gasteiger charge is 2.24. The van der Waals surface area contributed by atoms with E-state index in [1.807, 2.05) is 0 Å². The van der Waals surface area contributed by atoms with Crippen LogP contribution in [0.3, 0.4) is 0 Å². The van der Waals surface area contributed by atoms with Crippen molar-refractivity contribution in [2.24, 2.45) is 0 Å². The van der Waals surface area contributed by atoms with Crippen LogP contribution in [0, 0.1) is 6.92 Å². The van der Waals surface area contributed by atoms with E-state index < -0.39 is 0 Å². The highest BCUT2D eigenvalue weighted by atomic mass is 16.6. The van der Waals surface area contributed by atoms with Crippen molar-refractivity contribution in [1.82, 2.24) is 0 Å². The molecule has 0 atom stereocenters. The molecule has 0 fully saturated rings. The maximum Gasteiger partial charge on any atom is 0.123 e. The lowest BCUT2D eigenvalue weighted by molar-refractivity contribution is 0.0178. The zero-order valence-electron chi connectivity index (χ0n) is 18.0. The zero-order chi connectivity index (χ0) is 19.8. The molecule has 150 valence electrons. The molecule has 1 aromatic rings. The van der Waals surface area contributed by atoms with Gasteiger partial charge < -0.3 is 18.9 Å². The first-order valence-corrected chi connectivity index (χ1v) is 9.50. The molecule has 26 heavy (non-hydrogen) atoms. The monoisotopic (exact) mass is 366 g/mol. The minimum absolute atomic E-state index is 0.0343. The smallest absolute Gasteiger partial charge is 0.123 e. The Kier molecular flexibility index (Phi) is 9.08. The molecule has 1 aromatic carbocycles. The van der Waals surface area contributed by atoms with E-state index in [9.17, 15) is 0 Å². The van der Waals surface area contributed by atoms with Gasteiger partial charge in [0.15, 0.2) is 0 Å². The Labute approximate surface area is 160 Å². The van der Waals surface area contributed by atoms with Crippen molar-refractivity contribution >= 4 is 0 Å². The number of hydrogen-bond acceptors (Lipinski definition) is 4. The van der Waals surface area contributed by atoms with Crippen LogP contribution in [-0.4, -0.2) is 46.8 Å². The van der Waals surface area contributed by atoms with E-state index in [0.29, 0.717) is 39.6 Å². The van der Waals surface area contributed by atoms with Gasteiger partial charge in [-0.15, -0.1) is 0 Å². The van der Waals surface area contributed by atoms with Crippen LogP contribution < -0.4 is 4.74 Å². The molecule has 0 aliphatic heterocycles. The minimum atomic E-state index is 0.0343. The molecule has 0 radical (unpaired) electrons. The SMILES string of the molecule is COCCOCCOCCOc1cc(C(C)(C)C)c(C)cc1C(C)(C)C. The first-order valence-electron chi connectivity index (χ1n) is 9.50. The topological polar surface area (TPSA) is 36.9 Å². The van der Waals surface area contributed by atoms with Gasteiger partial charge >= 0.3 is 0 Å². The highest BCUT2D eigenvalue weighted by molar-refractivity contribution is 5.47. The van der Waals surface area contributed by atoms with Crippen molar-refractivity contribution in [2.45, 2.75) is 59.3 Å². The van der Waals surface area contributed by atoms with Crippen molar-refractivity contribution in [3.8, 4) is 5.75 Å². The Balaban J connectivity index is 2.64. The summed E-state index contributed by atoms with van der Waals surface area (Å²) in [6.45, 7) is 19.0. The molecular formula is C22H38O4. The van der Waals surface area contributed by atoms with Gasteiger partial charge in [0.25, 0.3) is 0 Å². The molecule has 0 saturated carbocycles. The van der Waals surface area contributed by atoms with E-state index in [1.54, 1.807) is 7.11 Å². The number of ether oxygens (including phenoxy) is 4. The lowest BCUT2D eigenvalue weighted by atomic mass is 9.79. The van der Waals surface area contributed by atoms with E-state index in [-0.39, 0.29) is 10.8 Å². The third-order valence-corrected chi connectivity index (χ3v) is 4.23. The first kappa shape index (κ1) is 22.9. The van der Waals surface area contributed by atoms with Gasteiger partial charge in [-0.2, -0.15) is 0 Å².